The summed E-state index contributed by atoms with van der Waals surface area (Å²) < 4.78 is 7.11. The lowest BCUT2D eigenvalue weighted by atomic mass is 10.0. The van der Waals surface area contributed by atoms with E-state index in [9.17, 15) is 4.79 Å². The van der Waals surface area contributed by atoms with Crippen LogP contribution in [0.2, 0.25) is 0 Å². The summed E-state index contributed by atoms with van der Waals surface area (Å²) in [5, 5.41) is 10.5. The fourth-order valence-electron chi connectivity index (χ4n) is 2.59. The van der Waals surface area contributed by atoms with E-state index in [1.54, 1.807) is 22.2 Å². The molecule has 6 nitrogen and oxygen atoms in total. The van der Waals surface area contributed by atoms with Gasteiger partial charge in [-0.2, -0.15) is 5.10 Å². The highest BCUT2D eigenvalue weighted by atomic mass is 32.1. The first kappa shape index (κ1) is 15.2. The molecule has 1 saturated heterocycles. The topological polar surface area (TPSA) is 69.0 Å². The van der Waals surface area contributed by atoms with Gasteiger partial charge in [0.2, 0.25) is 0 Å². The molecule has 1 fully saturated rings. The van der Waals surface area contributed by atoms with Crippen LogP contribution in [0.25, 0.3) is 0 Å². The van der Waals surface area contributed by atoms with Crippen LogP contribution in [-0.4, -0.2) is 33.9 Å². The lowest BCUT2D eigenvalue weighted by Crippen LogP contribution is -2.24. The van der Waals surface area contributed by atoms with Gasteiger partial charge in [0.15, 0.2) is 0 Å². The summed E-state index contributed by atoms with van der Waals surface area (Å²) in [6.45, 7) is 3.90. The van der Waals surface area contributed by atoms with Crippen LogP contribution in [0.3, 0.4) is 0 Å². The van der Waals surface area contributed by atoms with E-state index in [0.717, 1.165) is 35.8 Å². The molecule has 22 heavy (non-hydrogen) atoms. The molecule has 3 heterocycles. The Morgan fingerprint density at radius 3 is 3.14 bits per heavy atom. The molecule has 0 aromatic carbocycles. The van der Waals surface area contributed by atoms with E-state index in [0.29, 0.717) is 18.7 Å². The summed E-state index contributed by atoms with van der Waals surface area (Å²) in [6.07, 6.45) is 3.62. The average Bonchev–Trinajstić information content (AvgIpc) is 3.24. The van der Waals surface area contributed by atoms with Gasteiger partial charge in [0.05, 0.1) is 35.1 Å². The number of thiazole rings is 1. The minimum absolute atomic E-state index is 0.0963. The molecule has 1 aliphatic rings. The Morgan fingerprint density at radius 2 is 2.45 bits per heavy atom. The highest BCUT2D eigenvalue weighted by Gasteiger charge is 2.26. The first-order chi connectivity index (χ1) is 10.7. The van der Waals surface area contributed by atoms with Crippen LogP contribution in [0.4, 0.5) is 0 Å². The Balaban J connectivity index is 1.69. The highest BCUT2D eigenvalue weighted by Crippen LogP contribution is 2.26. The zero-order valence-corrected chi connectivity index (χ0v) is 13.7. The van der Waals surface area contributed by atoms with Gasteiger partial charge in [-0.25, -0.2) is 4.98 Å². The maximum absolute atomic E-state index is 12.5. The van der Waals surface area contributed by atoms with Crippen LogP contribution in [0, 0.1) is 0 Å². The van der Waals surface area contributed by atoms with Gasteiger partial charge in [0, 0.05) is 31.1 Å². The number of hydrogen-bond acceptors (Lipinski definition) is 5. The molecule has 3 rings (SSSR count). The normalized spacial score (nSPS) is 17.8. The van der Waals surface area contributed by atoms with Crippen LogP contribution in [0.5, 0.6) is 0 Å². The van der Waals surface area contributed by atoms with Crippen LogP contribution >= 0.6 is 11.3 Å². The molecular weight excluding hydrogens is 300 g/mol. The second kappa shape index (κ2) is 6.58. The molecule has 7 heteroatoms. The summed E-state index contributed by atoms with van der Waals surface area (Å²) in [6, 6.07) is 0. The molecule has 0 bridgehead atoms. The maximum atomic E-state index is 12.5. The number of hydrogen-bond donors (Lipinski definition) is 1. The van der Waals surface area contributed by atoms with Gasteiger partial charge < -0.3 is 10.1 Å². The van der Waals surface area contributed by atoms with Crippen molar-refractivity contribution < 1.29 is 9.53 Å². The summed E-state index contributed by atoms with van der Waals surface area (Å²) >= 11 is 1.63. The van der Waals surface area contributed by atoms with Crippen molar-refractivity contribution in [3.63, 3.8) is 0 Å². The van der Waals surface area contributed by atoms with E-state index in [1.165, 1.54) is 0 Å². The maximum Gasteiger partial charge on any atom is 0.255 e. The lowest BCUT2D eigenvalue weighted by molar-refractivity contribution is 0.0949. The van der Waals surface area contributed by atoms with Crippen molar-refractivity contribution in [1.29, 1.82) is 0 Å². The standard InChI is InChI=1S/C15H20N4O2S/c1-3-13-17-11(9-22-13)6-16-15(20)12-7-19(2)18-14(12)10-4-5-21-8-10/h7,9-10H,3-6,8H2,1-2H3,(H,16,20). The van der Waals surface area contributed by atoms with E-state index in [-0.39, 0.29) is 11.8 Å². The highest BCUT2D eigenvalue weighted by molar-refractivity contribution is 7.09. The van der Waals surface area contributed by atoms with Gasteiger partial charge in [0.25, 0.3) is 5.91 Å². The summed E-state index contributed by atoms with van der Waals surface area (Å²) in [7, 11) is 1.84. The van der Waals surface area contributed by atoms with Crippen molar-refractivity contribution >= 4 is 17.2 Å². The number of nitrogens with zero attached hydrogens (tertiary/aromatic N) is 3. The Hall–Kier alpha value is -1.73. The van der Waals surface area contributed by atoms with Gasteiger partial charge in [-0.1, -0.05) is 6.92 Å². The van der Waals surface area contributed by atoms with Gasteiger partial charge in [0.1, 0.15) is 0 Å². The van der Waals surface area contributed by atoms with E-state index in [1.807, 2.05) is 12.4 Å². The number of ether oxygens (including phenoxy) is 1. The van der Waals surface area contributed by atoms with Crippen LogP contribution in [0.15, 0.2) is 11.6 Å². The zero-order valence-electron chi connectivity index (χ0n) is 12.8. The molecule has 0 saturated carbocycles. The largest absolute Gasteiger partial charge is 0.381 e. The molecule has 0 radical (unpaired) electrons. The number of carbonyl (C=O) groups excluding carboxylic acids is 1. The molecule has 1 aliphatic heterocycles. The summed E-state index contributed by atoms with van der Waals surface area (Å²) in [5.74, 6) is 0.119. The van der Waals surface area contributed by atoms with Gasteiger partial charge in [-0.05, 0) is 12.8 Å². The molecule has 0 aliphatic carbocycles. The van der Waals surface area contributed by atoms with E-state index >= 15 is 0 Å². The lowest BCUT2D eigenvalue weighted by Gasteiger charge is -2.07. The first-order valence-electron chi connectivity index (χ1n) is 7.50. The van der Waals surface area contributed by atoms with E-state index in [2.05, 4.69) is 22.3 Å². The average molecular weight is 320 g/mol. The van der Waals surface area contributed by atoms with Crippen LogP contribution in [0.1, 0.15) is 46.0 Å². The van der Waals surface area contributed by atoms with Crippen molar-refractivity contribution in [2.75, 3.05) is 13.2 Å². The predicted molar refractivity (Wildman–Crippen MR) is 84.0 cm³/mol. The molecule has 0 spiro atoms. The van der Waals surface area contributed by atoms with Gasteiger partial charge >= 0.3 is 0 Å². The van der Waals surface area contributed by atoms with Crippen LogP contribution < -0.4 is 5.32 Å². The number of nitrogens with one attached hydrogen (secondary N) is 1. The quantitative estimate of drug-likeness (QED) is 0.913. The Bertz CT molecular complexity index is 658. The number of carbonyl (C=O) groups is 1. The predicted octanol–water partition coefficient (Wildman–Crippen LogP) is 1.87. The monoisotopic (exact) mass is 320 g/mol. The SMILES string of the molecule is CCc1nc(CNC(=O)c2cn(C)nc2C2CCOC2)cs1. The van der Waals surface area contributed by atoms with Crippen molar-refractivity contribution in [3.05, 3.63) is 33.5 Å². The van der Waals surface area contributed by atoms with Crippen molar-refractivity contribution in [1.82, 2.24) is 20.1 Å². The Morgan fingerprint density at radius 1 is 1.59 bits per heavy atom. The minimum Gasteiger partial charge on any atom is -0.381 e. The Labute approximate surface area is 133 Å². The third kappa shape index (κ3) is 3.20. The molecule has 2 aromatic rings. The van der Waals surface area contributed by atoms with E-state index < -0.39 is 0 Å². The van der Waals surface area contributed by atoms with Gasteiger partial charge in [-0.3, -0.25) is 9.48 Å². The van der Waals surface area contributed by atoms with Crippen molar-refractivity contribution in [2.24, 2.45) is 7.05 Å². The van der Waals surface area contributed by atoms with Crippen molar-refractivity contribution in [2.45, 2.75) is 32.2 Å². The van der Waals surface area contributed by atoms with Gasteiger partial charge in [-0.15, -0.1) is 11.3 Å². The molecule has 1 N–H and O–H groups in total. The molecule has 1 unspecified atom stereocenters. The number of amides is 1. The summed E-state index contributed by atoms with van der Waals surface area (Å²) in [5.41, 5.74) is 2.39. The fourth-order valence-corrected chi connectivity index (χ4v) is 3.34. The first-order valence-corrected chi connectivity index (χ1v) is 8.38. The smallest absolute Gasteiger partial charge is 0.255 e. The second-order valence-electron chi connectivity index (χ2n) is 5.43. The number of aryl methyl sites for hydroxylation is 2. The third-order valence-electron chi connectivity index (χ3n) is 3.75. The van der Waals surface area contributed by atoms with Crippen LogP contribution in [-0.2, 0) is 24.8 Å². The number of rotatable bonds is 5. The number of aromatic nitrogens is 3. The third-order valence-corrected chi connectivity index (χ3v) is 4.79. The molecule has 1 atom stereocenters. The molecular formula is C15H20N4O2S. The molecule has 2 aromatic heterocycles. The minimum atomic E-state index is -0.0963. The fraction of sp³-hybridized carbons (Fsp3) is 0.533. The molecule has 1 amide bonds. The van der Waals surface area contributed by atoms with Crippen molar-refractivity contribution in [3.8, 4) is 0 Å². The summed E-state index contributed by atoms with van der Waals surface area (Å²) in [4.78, 5) is 16.9. The zero-order chi connectivity index (χ0) is 15.5. The van der Waals surface area contributed by atoms with E-state index in [4.69, 9.17) is 4.74 Å². The Kier molecular flexibility index (Phi) is 4.54. The molecule has 118 valence electrons. The second-order valence-corrected chi connectivity index (χ2v) is 6.37.